The van der Waals surface area contributed by atoms with E-state index in [0.717, 1.165) is 11.4 Å². The van der Waals surface area contributed by atoms with Crippen molar-refractivity contribution in [3.8, 4) is 0 Å². The molecule has 2 aromatic heterocycles. The first-order valence-corrected chi connectivity index (χ1v) is 5.57. The Morgan fingerprint density at radius 3 is 2.83 bits per heavy atom. The number of carbonyl (C=O) groups excluding carboxylic acids is 1. The second kappa shape index (κ2) is 5.27. The molecule has 0 atom stereocenters. The molecule has 0 fully saturated rings. The van der Waals surface area contributed by atoms with Crippen LogP contribution in [0.3, 0.4) is 0 Å². The first-order valence-electron chi connectivity index (χ1n) is 5.57. The minimum atomic E-state index is -0.189. The van der Waals surface area contributed by atoms with Crippen LogP contribution in [0.2, 0.25) is 0 Å². The molecular formula is C13H14N4O. The fourth-order valence-electron chi connectivity index (χ4n) is 1.51. The van der Waals surface area contributed by atoms with E-state index in [1.807, 2.05) is 25.1 Å². The number of amides is 1. The van der Waals surface area contributed by atoms with E-state index in [1.165, 1.54) is 6.20 Å². The van der Waals surface area contributed by atoms with E-state index < -0.39 is 0 Å². The molecule has 5 heteroatoms. The van der Waals surface area contributed by atoms with Gasteiger partial charge in [0.2, 0.25) is 0 Å². The van der Waals surface area contributed by atoms with Crippen molar-refractivity contribution in [1.82, 2.24) is 15.3 Å². The third kappa shape index (κ3) is 3.04. The van der Waals surface area contributed by atoms with Crippen molar-refractivity contribution in [2.75, 3.05) is 5.73 Å². The fourth-order valence-corrected chi connectivity index (χ4v) is 1.51. The van der Waals surface area contributed by atoms with Gasteiger partial charge in [0.25, 0.3) is 5.91 Å². The van der Waals surface area contributed by atoms with Gasteiger partial charge in [0.1, 0.15) is 5.82 Å². The highest BCUT2D eigenvalue weighted by Crippen LogP contribution is 2.02. The van der Waals surface area contributed by atoms with Crippen LogP contribution in [0.15, 0.2) is 36.5 Å². The lowest BCUT2D eigenvalue weighted by Gasteiger charge is -2.05. The summed E-state index contributed by atoms with van der Waals surface area (Å²) >= 11 is 0. The largest absolute Gasteiger partial charge is 0.384 e. The van der Waals surface area contributed by atoms with Crippen LogP contribution in [0.5, 0.6) is 0 Å². The molecule has 0 saturated heterocycles. The highest BCUT2D eigenvalue weighted by molar-refractivity contribution is 5.93. The van der Waals surface area contributed by atoms with E-state index in [-0.39, 0.29) is 5.91 Å². The van der Waals surface area contributed by atoms with E-state index in [2.05, 4.69) is 15.3 Å². The Labute approximate surface area is 105 Å². The maximum absolute atomic E-state index is 11.8. The fraction of sp³-hybridized carbons (Fsp3) is 0.154. The zero-order valence-electron chi connectivity index (χ0n) is 10.1. The van der Waals surface area contributed by atoms with Crippen molar-refractivity contribution < 1.29 is 4.79 Å². The summed E-state index contributed by atoms with van der Waals surface area (Å²) in [4.78, 5) is 20.0. The number of hydrogen-bond donors (Lipinski definition) is 2. The Kier molecular flexibility index (Phi) is 3.52. The monoisotopic (exact) mass is 242 g/mol. The Morgan fingerprint density at radius 1 is 1.33 bits per heavy atom. The third-order valence-corrected chi connectivity index (χ3v) is 2.42. The minimum Gasteiger partial charge on any atom is -0.384 e. The summed E-state index contributed by atoms with van der Waals surface area (Å²) in [6, 6.07) is 8.93. The number of carbonyl (C=O) groups is 1. The molecule has 2 aromatic rings. The van der Waals surface area contributed by atoms with Crippen LogP contribution in [0.4, 0.5) is 5.82 Å². The van der Waals surface area contributed by atoms with E-state index >= 15 is 0 Å². The summed E-state index contributed by atoms with van der Waals surface area (Å²) in [5.74, 6) is 0.206. The molecule has 0 aliphatic heterocycles. The molecule has 0 radical (unpaired) electrons. The second-order valence-electron chi connectivity index (χ2n) is 3.92. The van der Waals surface area contributed by atoms with Crippen LogP contribution < -0.4 is 11.1 Å². The topological polar surface area (TPSA) is 80.9 Å². The Hall–Kier alpha value is -2.43. The van der Waals surface area contributed by atoms with E-state index in [1.54, 1.807) is 12.1 Å². The van der Waals surface area contributed by atoms with Crippen molar-refractivity contribution in [2.24, 2.45) is 0 Å². The molecular weight excluding hydrogens is 228 g/mol. The van der Waals surface area contributed by atoms with Crippen LogP contribution in [-0.4, -0.2) is 15.9 Å². The molecule has 0 saturated carbocycles. The average Bonchev–Trinajstić information content (AvgIpc) is 2.37. The predicted octanol–water partition coefficient (Wildman–Crippen LogP) is 1.30. The zero-order valence-corrected chi connectivity index (χ0v) is 10.1. The number of nitrogen functional groups attached to an aromatic ring is 1. The van der Waals surface area contributed by atoms with E-state index in [9.17, 15) is 4.79 Å². The van der Waals surface area contributed by atoms with Gasteiger partial charge in [-0.15, -0.1) is 0 Å². The van der Waals surface area contributed by atoms with Gasteiger partial charge in [-0.05, 0) is 31.2 Å². The minimum absolute atomic E-state index is 0.189. The molecule has 0 spiro atoms. The number of hydrogen-bond acceptors (Lipinski definition) is 4. The van der Waals surface area contributed by atoms with Crippen molar-refractivity contribution >= 4 is 11.7 Å². The number of anilines is 1. The predicted molar refractivity (Wildman–Crippen MR) is 68.8 cm³/mol. The van der Waals surface area contributed by atoms with E-state index in [4.69, 9.17) is 5.73 Å². The molecule has 2 heterocycles. The van der Waals surface area contributed by atoms with Gasteiger partial charge in [0.05, 0.1) is 17.8 Å². The van der Waals surface area contributed by atoms with Crippen molar-refractivity contribution in [3.63, 3.8) is 0 Å². The summed E-state index contributed by atoms with van der Waals surface area (Å²) < 4.78 is 0. The van der Waals surface area contributed by atoms with Crippen LogP contribution >= 0.6 is 0 Å². The molecule has 0 unspecified atom stereocenters. The number of nitrogens with one attached hydrogen (secondary N) is 1. The molecule has 5 nitrogen and oxygen atoms in total. The quantitative estimate of drug-likeness (QED) is 0.850. The maximum Gasteiger partial charge on any atom is 0.253 e. The number of nitrogens with zero attached hydrogens (tertiary/aromatic N) is 2. The highest BCUT2D eigenvalue weighted by Gasteiger charge is 2.05. The lowest BCUT2D eigenvalue weighted by Crippen LogP contribution is -2.23. The molecule has 18 heavy (non-hydrogen) atoms. The van der Waals surface area contributed by atoms with Gasteiger partial charge in [-0.2, -0.15) is 0 Å². The second-order valence-corrected chi connectivity index (χ2v) is 3.92. The number of rotatable bonds is 3. The van der Waals surface area contributed by atoms with Gasteiger partial charge in [0, 0.05) is 11.9 Å². The lowest BCUT2D eigenvalue weighted by atomic mass is 10.2. The molecule has 3 N–H and O–H groups in total. The van der Waals surface area contributed by atoms with Crippen LogP contribution in [0.25, 0.3) is 0 Å². The zero-order chi connectivity index (χ0) is 13.0. The number of aryl methyl sites for hydroxylation is 1. The molecule has 92 valence electrons. The van der Waals surface area contributed by atoms with Gasteiger partial charge in [0.15, 0.2) is 0 Å². The van der Waals surface area contributed by atoms with Crippen LogP contribution in [0.1, 0.15) is 21.7 Å². The normalized spacial score (nSPS) is 10.1. The van der Waals surface area contributed by atoms with Crippen LogP contribution in [0, 0.1) is 6.92 Å². The van der Waals surface area contributed by atoms with E-state index in [0.29, 0.717) is 17.9 Å². The summed E-state index contributed by atoms with van der Waals surface area (Å²) in [5.41, 5.74) is 7.69. The molecule has 0 bridgehead atoms. The first kappa shape index (κ1) is 12.0. The highest BCUT2D eigenvalue weighted by atomic mass is 16.1. The van der Waals surface area contributed by atoms with Gasteiger partial charge < -0.3 is 11.1 Å². The molecule has 2 rings (SSSR count). The van der Waals surface area contributed by atoms with Gasteiger partial charge in [-0.25, -0.2) is 4.98 Å². The maximum atomic E-state index is 11.8. The molecule has 0 aliphatic carbocycles. The Bertz CT molecular complexity index is 551. The Morgan fingerprint density at radius 2 is 2.17 bits per heavy atom. The lowest BCUT2D eigenvalue weighted by molar-refractivity contribution is 0.0950. The summed E-state index contributed by atoms with van der Waals surface area (Å²) in [6.07, 6.45) is 1.45. The Balaban J connectivity index is 1.98. The van der Waals surface area contributed by atoms with Crippen LogP contribution in [-0.2, 0) is 6.54 Å². The SMILES string of the molecule is Cc1cccc(CNC(=O)c2ccc(N)nc2)n1. The smallest absolute Gasteiger partial charge is 0.253 e. The van der Waals surface area contributed by atoms with Crippen molar-refractivity contribution in [3.05, 3.63) is 53.5 Å². The third-order valence-electron chi connectivity index (χ3n) is 2.42. The van der Waals surface area contributed by atoms with Gasteiger partial charge in [-0.3, -0.25) is 9.78 Å². The van der Waals surface area contributed by atoms with Crippen molar-refractivity contribution in [2.45, 2.75) is 13.5 Å². The first-order chi connectivity index (χ1) is 8.65. The average molecular weight is 242 g/mol. The summed E-state index contributed by atoms with van der Waals surface area (Å²) in [5, 5.41) is 2.78. The molecule has 0 aliphatic rings. The number of nitrogens with two attached hydrogens (primary N) is 1. The number of aromatic nitrogens is 2. The van der Waals surface area contributed by atoms with Gasteiger partial charge in [-0.1, -0.05) is 6.07 Å². The summed E-state index contributed by atoms with van der Waals surface area (Å²) in [7, 11) is 0. The van der Waals surface area contributed by atoms with Crippen molar-refractivity contribution in [1.29, 1.82) is 0 Å². The number of pyridine rings is 2. The summed E-state index contributed by atoms with van der Waals surface area (Å²) in [6.45, 7) is 2.31. The standard InChI is InChI=1S/C13H14N4O/c1-9-3-2-4-11(17-9)8-16-13(18)10-5-6-12(14)15-7-10/h2-7H,8H2,1H3,(H2,14,15)(H,16,18). The molecule has 0 aromatic carbocycles. The molecule has 1 amide bonds. The van der Waals surface area contributed by atoms with Gasteiger partial charge >= 0.3 is 0 Å².